The molecule has 0 bridgehead atoms. The summed E-state index contributed by atoms with van der Waals surface area (Å²) in [5.74, 6) is 0.462. The van der Waals surface area contributed by atoms with E-state index >= 15 is 0 Å². The molecule has 6 heteroatoms. The van der Waals surface area contributed by atoms with E-state index in [1.165, 1.54) is 24.2 Å². The van der Waals surface area contributed by atoms with Crippen LogP contribution in [0.2, 0.25) is 0 Å². The van der Waals surface area contributed by atoms with E-state index in [2.05, 4.69) is 42.2 Å². The second-order valence-corrected chi connectivity index (χ2v) is 7.06. The molecule has 19 heavy (non-hydrogen) atoms. The van der Waals surface area contributed by atoms with Gasteiger partial charge in [-0.2, -0.15) is 0 Å². The van der Waals surface area contributed by atoms with Crippen molar-refractivity contribution >= 4 is 54.2 Å². The Morgan fingerprint density at radius 2 is 2.16 bits per heavy atom. The number of anilines is 1. The number of nitrogens with zero attached hydrogens (tertiary/aromatic N) is 1. The fraction of sp³-hybridized carbons (Fsp3) is 0.231. The van der Waals surface area contributed by atoms with Crippen molar-refractivity contribution in [2.24, 2.45) is 0 Å². The van der Waals surface area contributed by atoms with E-state index in [9.17, 15) is 4.79 Å². The molecule has 2 aromatic rings. The van der Waals surface area contributed by atoms with Gasteiger partial charge in [-0.25, -0.2) is 4.98 Å². The van der Waals surface area contributed by atoms with Gasteiger partial charge in [-0.1, -0.05) is 15.9 Å². The number of halogens is 2. The van der Waals surface area contributed by atoms with E-state index < -0.39 is 0 Å². The standard InChI is InChI=1S/C13H10Br2N2OS/c14-8-3-4-10(15)9(5-8)12(18)17-13-16-11(6-19-13)7-1-2-7/h3-7H,1-2H2,(H,16,17,18). The molecule has 3 rings (SSSR count). The molecule has 0 radical (unpaired) electrons. The zero-order valence-electron chi connectivity index (χ0n) is 9.82. The van der Waals surface area contributed by atoms with Crippen molar-refractivity contribution in [1.82, 2.24) is 4.98 Å². The van der Waals surface area contributed by atoms with Crippen LogP contribution in [0.15, 0.2) is 32.5 Å². The van der Waals surface area contributed by atoms with Crippen LogP contribution in [0, 0.1) is 0 Å². The number of nitrogens with one attached hydrogen (secondary N) is 1. The van der Waals surface area contributed by atoms with Crippen LogP contribution in [0.25, 0.3) is 0 Å². The van der Waals surface area contributed by atoms with Gasteiger partial charge in [0.15, 0.2) is 5.13 Å². The molecule has 1 aromatic heterocycles. The van der Waals surface area contributed by atoms with Gasteiger partial charge < -0.3 is 0 Å². The molecule has 1 aromatic carbocycles. The van der Waals surface area contributed by atoms with Crippen LogP contribution in [0.5, 0.6) is 0 Å². The summed E-state index contributed by atoms with van der Waals surface area (Å²) in [6.45, 7) is 0. The van der Waals surface area contributed by atoms with Crippen molar-refractivity contribution in [3.63, 3.8) is 0 Å². The summed E-state index contributed by atoms with van der Waals surface area (Å²) in [6.07, 6.45) is 2.43. The van der Waals surface area contributed by atoms with E-state index in [4.69, 9.17) is 0 Å². The molecule has 0 aliphatic heterocycles. The van der Waals surface area contributed by atoms with Gasteiger partial charge >= 0.3 is 0 Å². The minimum Gasteiger partial charge on any atom is -0.298 e. The minimum absolute atomic E-state index is 0.148. The Morgan fingerprint density at radius 1 is 1.37 bits per heavy atom. The van der Waals surface area contributed by atoms with Crippen molar-refractivity contribution in [3.05, 3.63) is 43.8 Å². The molecule has 0 spiro atoms. The topological polar surface area (TPSA) is 42.0 Å². The predicted molar refractivity (Wildman–Crippen MR) is 83.9 cm³/mol. The van der Waals surface area contributed by atoms with Crippen LogP contribution in [-0.2, 0) is 0 Å². The van der Waals surface area contributed by atoms with Gasteiger partial charge in [0.2, 0.25) is 0 Å². The largest absolute Gasteiger partial charge is 0.298 e. The molecule has 1 amide bonds. The van der Waals surface area contributed by atoms with Gasteiger partial charge in [0, 0.05) is 20.2 Å². The Balaban J connectivity index is 1.77. The Bertz CT molecular complexity index is 637. The van der Waals surface area contributed by atoms with Crippen LogP contribution in [0.3, 0.4) is 0 Å². The highest BCUT2D eigenvalue weighted by atomic mass is 79.9. The molecular weight excluding hydrogens is 392 g/mol. The monoisotopic (exact) mass is 400 g/mol. The quantitative estimate of drug-likeness (QED) is 0.802. The maximum absolute atomic E-state index is 12.2. The van der Waals surface area contributed by atoms with Crippen LogP contribution in [0.4, 0.5) is 5.13 Å². The zero-order valence-corrected chi connectivity index (χ0v) is 13.8. The van der Waals surface area contributed by atoms with E-state index in [0.717, 1.165) is 14.6 Å². The van der Waals surface area contributed by atoms with Crippen molar-refractivity contribution in [1.29, 1.82) is 0 Å². The minimum atomic E-state index is -0.148. The lowest BCUT2D eigenvalue weighted by molar-refractivity contribution is 0.102. The zero-order chi connectivity index (χ0) is 13.4. The maximum Gasteiger partial charge on any atom is 0.258 e. The molecule has 3 nitrogen and oxygen atoms in total. The molecule has 1 heterocycles. The van der Waals surface area contributed by atoms with Crippen LogP contribution < -0.4 is 5.32 Å². The average Bonchev–Trinajstić information content (AvgIpc) is 3.13. The Kier molecular flexibility index (Phi) is 3.73. The number of benzene rings is 1. The number of thiazole rings is 1. The molecule has 1 aliphatic carbocycles. The lowest BCUT2D eigenvalue weighted by atomic mass is 10.2. The first-order valence-corrected chi connectivity index (χ1v) is 8.32. The first kappa shape index (κ1) is 13.3. The Labute approximate surface area is 131 Å². The molecular formula is C13H10Br2N2OS. The summed E-state index contributed by atoms with van der Waals surface area (Å²) < 4.78 is 1.64. The molecule has 1 saturated carbocycles. The fourth-order valence-electron chi connectivity index (χ4n) is 1.75. The molecule has 0 saturated heterocycles. The third-order valence-electron chi connectivity index (χ3n) is 2.91. The second-order valence-electron chi connectivity index (χ2n) is 4.43. The molecule has 1 N–H and O–H groups in total. The summed E-state index contributed by atoms with van der Waals surface area (Å²) in [5, 5.41) is 5.54. The lowest BCUT2D eigenvalue weighted by Gasteiger charge is -2.04. The smallest absolute Gasteiger partial charge is 0.258 e. The molecule has 98 valence electrons. The van der Waals surface area contributed by atoms with Gasteiger partial charge in [-0.3, -0.25) is 10.1 Å². The summed E-state index contributed by atoms with van der Waals surface area (Å²) in [7, 11) is 0. The van der Waals surface area contributed by atoms with Gasteiger partial charge in [0.05, 0.1) is 11.3 Å². The lowest BCUT2D eigenvalue weighted by Crippen LogP contribution is -2.12. The highest BCUT2D eigenvalue weighted by Gasteiger charge is 2.26. The van der Waals surface area contributed by atoms with E-state index in [1.54, 1.807) is 6.07 Å². The van der Waals surface area contributed by atoms with Crippen molar-refractivity contribution in [3.8, 4) is 0 Å². The normalized spacial score (nSPS) is 14.4. The maximum atomic E-state index is 12.2. The highest BCUT2D eigenvalue weighted by molar-refractivity contribution is 9.11. The Hall–Kier alpha value is -0.720. The molecule has 1 fully saturated rings. The number of carbonyl (C=O) groups is 1. The summed E-state index contributed by atoms with van der Waals surface area (Å²) in [4.78, 5) is 16.6. The number of rotatable bonds is 3. The number of hydrogen-bond donors (Lipinski definition) is 1. The number of amides is 1. The molecule has 0 atom stereocenters. The predicted octanol–water partition coefficient (Wildman–Crippen LogP) is 4.80. The van der Waals surface area contributed by atoms with Crippen LogP contribution in [0.1, 0.15) is 34.8 Å². The summed E-state index contributed by atoms with van der Waals surface area (Å²) in [5.41, 5.74) is 1.70. The molecule has 0 unspecified atom stereocenters. The van der Waals surface area contributed by atoms with E-state index in [1.807, 2.05) is 17.5 Å². The number of aromatic nitrogens is 1. The van der Waals surface area contributed by atoms with Crippen LogP contribution in [-0.4, -0.2) is 10.9 Å². The first-order chi connectivity index (χ1) is 9.13. The highest BCUT2D eigenvalue weighted by Crippen LogP contribution is 2.40. The first-order valence-electron chi connectivity index (χ1n) is 5.85. The summed E-state index contributed by atoms with van der Waals surface area (Å²) in [6, 6.07) is 5.51. The molecule has 1 aliphatic rings. The van der Waals surface area contributed by atoms with E-state index in [0.29, 0.717) is 16.6 Å². The number of carbonyl (C=O) groups excluding carboxylic acids is 1. The van der Waals surface area contributed by atoms with E-state index in [-0.39, 0.29) is 5.91 Å². The van der Waals surface area contributed by atoms with Gasteiger partial charge in [0.25, 0.3) is 5.91 Å². The van der Waals surface area contributed by atoms with Gasteiger partial charge in [0.1, 0.15) is 0 Å². The second kappa shape index (κ2) is 5.34. The van der Waals surface area contributed by atoms with Crippen molar-refractivity contribution in [2.75, 3.05) is 5.32 Å². The summed E-state index contributed by atoms with van der Waals surface area (Å²) >= 11 is 8.23. The van der Waals surface area contributed by atoms with Crippen LogP contribution >= 0.6 is 43.2 Å². The number of hydrogen-bond acceptors (Lipinski definition) is 3. The Morgan fingerprint density at radius 3 is 2.89 bits per heavy atom. The third kappa shape index (κ3) is 3.07. The average molecular weight is 402 g/mol. The van der Waals surface area contributed by atoms with Gasteiger partial charge in [-0.15, -0.1) is 11.3 Å². The van der Waals surface area contributed by atoms with Crippen molar-refractivity contribution in [2.45, 2.75) is 18.8 Å². The van der Waals surface area contributed by atoms with Crippen molar-refractivity contribution < 1.29 is 4.79 Å². The fourth-order valence-corrected chi connectivity index (χ4v) is 3.32. The van der Waals surface area contributed by atoms with Gasteiger partial charge in [-0.05, 0) is 47.0 Å². The third-order valence-corrected chi connectivity index (χ3v) is 4.87. The SMILES string of the molecule is O=C(Nc1nc(C2CC2)cs1)c1cc(Br)ccc1Br.